The smallest absolute Gasteiger partial charge is 0.136 e. The molecule has 12 aromatic rings. The molecule has 0 fully saturated rings. The Labute approximate surface area is 426 Å². The Kier molecular flexibility index (Phi) is 8.49. The van der Waals surface area contributed by atoms with E-state index in [-0.39, 0.29) is 0 Å². The van der Waals surface area contributed by atoms with Crippen LogP contribution in [0, 0.1) is 0 Å². The maximum absolute atomic E-state index is 6.37. The van der Waals surface area contributed by atoms with Gasteiger partial charge in [-0.15, -0.1) is 0 Å². The lowest BCUT2D eigenvalue weighted by Crippen LogP contribution is -2.32. The highest BCUT2D eigenvalue weighted by molar-refractivity contribution is 7.99. The summed E-state index contributed by atoms with van der Waals surface area (Å²) in [5.41, 5.74) is 22.2. The van der Waals surface area contributed by atoms with Crippen molar-refractivity contribution in [1.29, 1.82) is 0 Å². The summed E-state index contributed by atoms with van der Waals surface area (Å²) in [4.78, 5) is 7.71. The van der Waals surface area contributed by atoms with Crippen LogP contribution in [0.5, 0.6) is 0 Å². The van der Waals surface area contributed by atoms with Crippen molar-refractivity contribution >= 4 is 62.5 Å². The van der Waals surface area contributed by atoms with Gasteiger partial charge in [0.2, 0.25) is 0 Å². The molecule has 0 N–H and O–H groups in total. The van der Waals surface area contributed by atoms with E-state index in [4.69, 9.17) is 4.42 Å². The van der Waals surface area contributed by atoms with Gasteiger partial charge in [0, 0.05) is 47.4 Å². The maximum Gasteiger partial charge on any atom is 0.136 e. The number of nitrogens with zero attached hydrogens (tertiary/aromatic N) is 1. The highest BCUT2D eigenvalue weighted by Gasteiger charge is 2.52. The van der Waals surface area contributed by atoms with E-state index in [0.717, 1.165) is 50.1 Å². The first-order valence-corrected chi connectivity index (χ1v) is 26.4. The molecule has 2 aliphatic heterocycles. The second-order valence-corrected chi connectivity index (χ2v) is 21.6. The minimum Gasteiger partial charge on any atom is -0.456 e. The first kappa shape index (κ1) is 40.4. The molecule has 1 aromatic heterocycles. The summed E-state index contributed by atoms with van der Waals surface area (Å²) < 4.78 is 6.37. The van der Waals surface area contributed by atoms with Crippen molar-refractivity contribution in [2.75, 3.05) is 4.90 Å². The molecule has 0 bridgehead atoms. The van der Waals surface area contributed by atoms with E-state index >= 15 is 0 Å². The van der Waals surface area contributed by atoms with Crippen LogP contribution < -0.4 is 4.90 Å². The molecule has 336 valence electrons. The fraction of sp³-hybridized carbons (Fsp3) is 0.0294. The van der Waals surface area contributed by atoms with Gasteiger partial charge in [-0.25, -0.2) is 0 Å². The van der Waals surface area contributed by atoms with E-state index in [1.807, 2.05) is 29.6 Å². The number of hydrogen-bond donors (Lipinski definition) is 0. The summed E-state index contributed by atoms with van der Waals surface area (Å²) in [6.07, 6.45) is 0. The van der Waals surface area contributed by atoms with Crippen LogP contribution in [0.1, 0.15) is 44.5 Å². The van der Waals surface area contributed by atoms with E-state index in [2.05, 4.69) is 248 Å². The van der Waals surface area contributed by atoms with E-state index in [1.54, 1.807) is 0 Å². The number of para-hydroxylation sites is 1. The van der Waals surface area contributed by atoms with Gasteiger partial charge in [-0.2, -0.15) is 0 Å². The molecule has 11 aromatic carbocycles. The summed E-state index contributed by atoms with van der Waals surface area (Å²) in [5.74, 6) is 0. The third-order valence-electron chi connectivity index (χ3n) is 16.0. The predicted molar refractivity (Wildman–Crippen MR) is 297 cm³/mol. The Morgan fingerprint density at radius 2 is 0.722 bits per heavy atom. The monoisotopic (exact) mass is 951 g/mol. The molecule has 2 spiro atoms. The standard InChI is InChI=1S/C68H41NOS2/c1-4-20-52-47(16-1)49-38-36-45(41-59(49)68(52)57-24-8-13-30-64(57)72-65-31-14-9-25-58(65)68)69(43-34-32-42(33-35-43)46-19-15-27-61-66(46)50-18-3-10-26-60(50)70-61)44-37-39-54-51(40-44)48-17-2-5-21-53(48)67(54)55-22-6-11-28-62(55)71-63-29-12-7-23-56(63)67/h1-41H. The average Bonchev–Trinajstić information content (AvgIpc) is 4.06. The van der Waals surface area contributed by atoms with Gasteiger partial charge in [0.25, 0.3) is 0 Å². The molecule has 2 aliphatic carbocycles. The van der Waals surface area contributed by atoms with E-state index in [0.29, 0.717) is 0 Å². The molecule has 0 saturated heterocycles. The highest BCUT2D eigenvalue weighted by atomic mass is 32.2. The Balaban J connectivity index is 0.942. The number of benzene rings is 11. The van der Waals surface area contributed by atoms with Crippen molar-refractivity contribution in [1.82, 2.24) is 0 Å². The highest BCUT2D eigenvalue weighted by Crippen LogP contribution is 2.65. The largest absolute Gasteiger partial charge is 0.456 e. The molecule has 0 unspecified atom stereocenters. The molecule has 0 amide bonds. The average molecular weight is 952 g/mol. The van der Waals surface area contributed by atoms with Crippen molar-refractivity contribution in [3.05, 3.63) is 293 Å². The lowest BCUT2D eigenvalue weighted by Gasteiger charge is -2.40. The van der Waals surface area contributed by atoms with Crippen molar-refractivity contribution in [3.63, 3.8) is 0 Å². The molecular weight excluding hydrogens is 911 g/mol. The zero-order valence-electron chi connectivity index (χ0n) is 38.8. The van der Waals surface area contributed by atoms with Crippen molar-refractivity contribution in [3.8, 4) is 33.4 Å². The van der Waals surface area contributed by atoms with Gasteiger partial charge in [-0.3, -0.25) is 0 Å². The molecule has 4 aliphatic rings. The first-order valence-electron chi connectivity index (χ1n) is 24.7. The summed E-state index contributed by atoms with van der Waals surface area (Å²) >= 11 is 3.77. The maximum atomic E-state index is 6.37. The Morgan fingerprint density at radius 1 is 0.292 bits per heavy atom. The lowest BCUT2D eigenvalue weighted by molar-refractivity contribution is 0.669. The summed E-state index contributed by atoms with van der Waals surface area (Å²) in [6.45, 7) is 0. The van der Waals surface area contributed by atoms with Gasteiger partial charge in [-0.1, -0.05) is 199 Å². The zero-order chi connectivity index (χ0) is 47.1. The van der Waals surface area contributed by atoms with Gasteiger partial charge >= 0.3 is 0 Å². The number of hydrogen-bond acceptors (Lipinski definition) is 4. The molecule has 0 atom stereocenters. The number of fused-ring (bicyclic) bond motifs is 21. The fourth-order valence-electron chi connectivity index (χ4n) is 13.2. The van der Waals surface area contributed by atoms with Crippen molar-refractivity contribution < 1.29 is 4.42 Å². The summed E-state index contributed by atoms with van der Waals surface area (Å²) in [6, 6.07) is 93.0. The second kappa shape index (κ2) is 15.1. The lowest BCUT2D eigenvalue weighted by atomic mass is 9.67. The van der Waals surface area contributed by atoms with Crippen molar-refractivity contribution in [2.45, 2.75) is 30.4 Å². The van der Waals surface area contributed by atoms with Crippen LogP contribution >= 0.6 is 23.5 Å². The van der Waals surface area contributed by atoms with Crippen LogP contribution in [0.4, 0.5) is 17.1 Å². The van der Waals surface area contributed by atoms with Crippen LogP contribution in [-0.2, 0) is 10.8 Å². The van der Waals surface area contributed by atoms with Gasteiger partial charge in [0.1, 0.15) is 11.2 Å². The first-order chi connectivity index (χ1) is 35.7. The van der Waals surface area contributed by atoms with Crippen LogP contribution in [0.3, 0.4) is 0 Å². The molecule has 2 nitrogen and oxygen atoms in total. The van der Waals surface area contributed by atoms with Crippen molar-refractivity contribution in [2.24, 2.45) is 0 Å². The Hall–Kier alpha value is -8.28. The molecule has 16 rings (SSSR count). The molecule has 4 heteroatoms. The molecule has 3 heterocycles. The van der Waals surface area contributed by atoms with E-state index in [1.165, 1.54) is 86.3 Å². The molecular formula is C68H41NOS2. The third kappa shape index (κ3) is 5.33. The summed E-state index contributed by atoms with van der Waals surface area (Å²) in [5, 5.41) is 2.27. The minimum atomic E-state index is -0.509. The van der Waals surface area contributed by atoms with Crippen LogP contribution in [0.25, 0.3) is 55.3 Å². The number of rotatable bonds is 4. The Bertz CT molecular complexity index is 4170. The minimum absolute atomic E-state index is 0.459. The normalized spacial score (nSPS) is 14.5. The number of furan rings is 1. The SMILES string of the molecule is c1ccc2c(c1)Sc1ccccc1C21c2ccccc2-c2cc(N(c3ccc(-c4cccc5oc6ccccc6c45)cc3)c3ccc4c(c3)C3(c5ccccc5Sc5ccccc53)c3ccccc3-4)ccc21. The van der Waals surface area contributed by atoms with Crippen LogP contribution in [0.2, 0.25) is 0 Å². The third-order valence-corrected chi connectivity index (χ3v) is 18.3. The Morgan fingerprint density at radius 3 is 1.35 bits per heavy atom. The predicted octanol–water partition coefficient (Wildman–Crippen LogP) is 18.4. The van der Waals surface area contributed by atoms with E-state index < -0.39 is 10.8 Å². The zero-order valence-corrected chi connectivity index (χ0v) is 40.5. The molecule has 0 radical (unpaired) electrons. The summed E-state index contributed by atoms with van der Waals surface area (Å²) in [7, 11) is 0. The van der Waals surface area contributed by atoms with Crippen LogP contribution in [0.15, 0.2) is 273 Å². The molecule has 0 saturated carbocycles. The second-order valence-electron chi connectivity index (χ2n) is 19.4. The molecule has 72 heavy (non-hydrogen) atoms. The van der Waals surface area contributed by atoms with Gasteiger partial charge in [-0.05, 0) is 151 Å². The van der Waals surface area contributed by atoms with Crippen LogP contribution in [-0.4, -0.2) is 0 Å². The quantitative estimate of drug-likeness (QED) is 0.175. The number of anilines is 3. The fourth-order valence-corrected chi connectivity index (χ4v) is 15.6. The van der Waals surface area contributed by atoms with Gasteiger partial charge < -0.3 is 9.32 Å². The topological polar surface area (TPSA) is 16.4 Å². The van der Waals surface area contributed by atoms with Gasteiger partial charge in [0.15, 0.2) is 0 Å². The van der Waals surface area contributed by atoms with E-state index in [9.17, 15) is 0 Å². The van der Waals surface area contributed by atoms with Gasteiger partial charge in [0.05, 0.1) is 10.8 Å².